The van der Waals surface area contributed by atoms with Gasteiger partial charge in [-0.2, -0.15) is 0 Å². The van der Waals surface area contributed by atoms with Crippen molar-refractivity contribution in [2.75, 3.05) is 42.5 Å². The van der Waals surface area contributed by atoms with Crippen LogP contribution in [0.25, 0.3) is 16.0 Å². The second-order valence-corrected chi connectivity index (χ2v) is 15.7. The number of halogens is 1. The molecular formula is C42H42FN7O4. The third-order valence-corrected chi connectivity index (χ3v) is 12.2. The van der Waals surface area contributed by atoms with Crippen molar-refractivity contribution in [3.8, 4) is 11.1 Å². The van der Waals surface area contributed by atoms with E-state index in [1.807, 2.05) is 18.7 Å². The molecule has 1 unspecified atom stereocenters. The van der Waals surface area contributed by atoms with E-state index in [4.69, 9.17) is 11.1 Å². The second kappa shape index (κ2) is 12.8. The Kier molecular flexibility index (Phi) is 8.12. The lowest BCUT2D eigenvalue weighted by atomic mass is 9.92. The minimum absolute atomic E-state index is 0.175. The molecule has 1 atom stereocenters. The standard InChI is InChI=1S/C42H42FN7O4/c1-24-5-6-28(39-25(2)46-54-26(39)3)15-36(24)49(31-9-7-30(8-10-31)42(44-4)13-14-42)20-27-18-47(19-27)32-22-48(23-32)37-16-29-21-50(41(53)33(29)17-34(37)43)35-11-12-38(51)45-40(35)52/h5-10,15-17,27,32,35H,11-14,18-23H2,1-3H3,(H,45,51,52). The maximum absolute atomic E-state index is 15.5. The summed E-state index contributed by atoms with van der Waals surface area (Å²) in [4.78, 5) is 49.6. The number of benzene rings is 3. The van der Waals surface area contributed by atoms with Gasteiger partial charge in [-0.05, 0) is 86.3 Å². The SMILES string of the molecule is [C-]#[N+]C1(c2ccc(N(CC3CN(C4CN(c5cc6c(cc5F)C(=O)N(C5CCC(=O)NC5=O)C6)C4)C3)c3cc(-c4c(C)noc4C)ccc3C)cc2)CC1. The number of carbonyl (C=O) groups excluding carboxylic acids is 3. The van der Waals surface area contributed by atoms with Crippen LogP contribution in [0.15, 0.2) is 59.1 Å². The highest BCUT2D eigenvalue weighted by Gasteiger charge is 2.52. The highest BCUT2D eigenvalue weighted by atomic mass is 19.1. The van der Waals surface area contributed by atoms with Gasteiger partial charge in [0.25, 0.3) is 11.4 Å². The molecule has 12 heteroatoms. The van der Waals surface area contributed by atoms with Gasteiger partial charge in [0.05, 0.1) is 11.4 Å². The van der Waals surface area contributed by atoms with E-state index in [0.29, 0.717) is 36.3 Å². The Hall–Kier alpha value is -5.54. The first-order chi connectivity index (χ1) is 26.0. The molecule has 4 aliphatic heterocycles. The Morgan fingerprint density at radius 2 is 1.78 bits per heavy atom. The Morgan fingerprint density at radius 3 is 2.44 bits per heavy atom. The van der Waals surface area contributed by atoms with Gasteiger partial charge in [0.2, 0.25) is 11.8 Å². The number of carbonyl (C=O) groups is 3. The first-order valence-corrected chi connectivity index (χ1v) is 18.8. The Morgan fingerprint density at radius 1 is 1.02 bits per heavy atom. The van der Waals surface area contributed by atoms with Crippen LogP contribution >= 0.6 is 0 Å². The van der Waals surface area contributed by atoms with Crippen LogP contribution in [0.5, 0.6) is 0 Å². The minimum atomic E-state index is -0.730. The second-order valence-electron chi connectivity index (χ2n) is 15.7. The summed E-state index contributed by atoms with van der Waals surface area (Å²) >= 11 is 0. The van der Waals surface area contributed by atoms with Gasteiger partial charge >= 0.3 is 0 Å². The van der Waals surface area contributed by atoms with E-state index in [-0.39, 0.29) is 42.3 Å². The Balaban J connectivity index is 0.883. The van der Waals surface area contributed by atoms with Crippen LogP contribution in [-0.4, -0.2) is 77.5 Å². The zero-order valence-corrected chi connectivity index (χ0v) is 30.7. The molecule has 9 rings (SSSR count). The summed E-state index contributed by atoms with van der Waals surface area (Å²) in [6.45, 7) is 18.1. The number of aryl methyl sites for hydroxylation is 3. The van der Waals surface area contributed by atoms with Crippen LogP contribution < -0.4 is 15.1 Å². The summed E-state index contributed by atoms with van der Waals surface area (Å²) in [7, 11) is 0. The smallest absolute Gasteiger partial charge is 0.258 e. The molecule has 0 radical (unpaired) electrons. The van der Waals surface area contributed by atoms with Crippen molar-refractivity contribution in [1.29, 1.82) is 0 Å². The van der Waals surface area contributed by atoms with Gasteiger partial charge in [0, 0.05) is 98.6 Å². The minimum Gasteiger partial charge on any atom is -0.366 e. The maximum Gasteiger partial charge on any atom is 0.258 e. The third kappa shape index (κ3) is 5.73. The molecule has 3 aromatic carbocycles. The fourth-order valence-corrected chi connectivity index (χ4v) is 8.81. The Labute approximate surface area is 313 Å². The van der Waals surface area contributed by atoms with E-state index in [1.54, 1.807) is 6.07 Å². The normalized spacial score (nSPS) is 21.0. The lowest BCUT2D eigenvalue weighted by molar-refractivity contribution is -0.136. The molecule has 3 amide bonds. The molecule has 5 heterocycles. The van der Waals surface area contributed by atoms with Crippen LogP contribution in [0.4, 0.5) is 21.5 Å². The number of imide groups is 1. The summed E-state index contributed by atoms with van der Waals surface area (Å²) in [5.41, 5.74) is 8.53. The number of piperidine rings is 1. The van der Waals surface area contributed by atoms with E-state index in [1.165, 1.54) is 16.5 Å². The number of nitrogens with zero attached hydrogens (tertiary/aromatic N) is 6. The van der Waals surface area contributed by atoms with Gasteiger partial charge < -0.3 is 24.1 Å². The van der Waals surface area contributed by atoms with Crippen molar-refractivity contribution in [2.24, 2.45) is 5.92 Å². The number of nitrogens with one attached hydrogen (secondary N) is 1. The van der Waals surface area contributed by atoms with E-state index < -0.39 is 17.8 Å². The summed E-state index contributed by atoms with van der Waals surface area (Å²) in [5.74, 6) is -0.415. The predicted molar refractivity (Wildman–Crippen MR) is 201 cm³/mol. The average Bonchev–Trinajstić information content (AvgIpc) is 3.77. The van der Waals surface area contributed by atoms with Crippen molar-refractivity contribution in [2.45, 2.75) is 70.6 Å². The summed E-state index contributed by atoms with van der Waals surface area (Å²) in [6, 6.07) is 17.7. The van der Waals surface area contributed by atoms with Crippen molar-refractivity contribution in [3.05, 3.63) is 106 Å². The first-order valence-electron chi connectivity index (χ1n) is 18.8. The molecule has 11 nitrogen and oxygen atoms in total. The Bertz CT molecular complexity index is 2230. The molecule has 5 aliphatic rings. The molecule has 0 bridgehead atoms. The molecule has 4 aromatic rings. The van der Waals surface area contributed by atoms with Crippen molar-refractivity contribution >= 4 is 34.8 Å². The van der Waals surface area contributed by atoms with Crippen LogP contribution in [0.1, 0.15) is 64.2 Å². The molecule has 3 saturated heterocycles. The number of likely N-dealkylation sites (tertiary alicyclic amines) is 1. The van der Waals surface area contributed by atoms with E-state index in [9.17, 15) is 14.4 Å². The average molecular weight is 728 g/mol. The summed E-state index contributed by atoms with van der Waals surface area (Å²) in [6.07, 6.45) is 2.27. The van der Waals surface area contributed by atoms with Gasteiger partial charge in [0.1, 0.15) is 17.6 Å². The van der Waals surface area contributed by atoms with Crippen molar-refractivity contribution < 1.29 is 23.3 Å². The quantitative estimate of drug-likeness (QED) is 0.165. The molecular weight excluding hydrogens is 686 g/mol. The van der Waals surface area contributed by atoms with Gasteiger partial charge in [0.15, 0.2) is 0 Å². The first kappa shape index (κ1) is 34.2. The van der Waals surface area contributed by atoms with Gasteiger partial charge in [-0.25, -0.2) is 11.0 Å². The molecule has 54 heavy (non-hydrogen) atoms. The third-order valence-electron chi connectivity index (χ3n) is 12.2. The van der Waals surface area contributed by atoms with E-state index in [0.717, 1.165) is 72.0 Å². The van der Waals surface area contributed by atoms with E-state index in [2.05, 4.69) is 74.5 Å². The fourth-order valence-electron chi connectivity index (χ4n) is 8.81. The van der Waals surface area contributed by atoms with Crippen LogP contribution in [0.2, 0.25) is 0 Å². The largest absolute Gasteiger partial charge is 0.366 e. The lowest BCUT2D eigenvalue weighted by Crippen LogP contribution is -2.66. The molecule has 1 aromatic heterocycles. The number of hydrogen-bond acceptors (Lipinski definition) is 8. The monoisotopic (exact) mass is 727 g/mol. The summed E-state index contributed by atoms with van der Waals surface area (Å²) in [5, 5.41) is 6.51. The highest BCUT2D eigenvalue weighted by molar-refractivity contribution is 6.05. The van der Waals surface area contributed by atoms with Gasteiger partial charge in [-0.1, -0.05) is 17.3 Å². The van der Waals surface area contributed by atoms with Gasteiger partial charge in [-0.15, -0.1) is 0 Å². The zero-order valence-electron chi connectivity index (χ0n) is 30.7. The van der Waals surface area contributed by atoms with E-state index >= 15 is 4.39 Å². The summed E-state index contributed by atoms with van der Waals surface area (Å²) < 4.78 is 21.0. The molecule has 1 saturated carbocycles. The molecule has 0 spiro atoms. The van der Waals surface area contributed by atoms with Crippen molar-refractivity contribution in [3.63, 3.8) is 0 Å². The fraction of sp³-hybridized carbons (Fsp3) is 0.405. The number of amides is 3. The number of hydrogen-bond donors (Lipinski definition) is 1. The highest BCUT2D eigenvalue weighted by Crippen LogP contribution is 2.50. The van der Waals surface area contributed by atoms with Gasteiger partial charge in [-0.3, -0.25) is 24.6 Å². The number of rotatable bonds is 9. The maximum atomic E-state index is 15.5. The number of aromatic nitrogens is 1. The predicted octanol–water partition coefficient (Wildman–Crippen LogP) is 6.03. The molecule has 1 aliphatic carbocycles. The topological polar surface area (TPSA) is 107 Å². The molecule has 4 fully saturated rings. The molecule has 276 valence electrons. The van der Waals surface area contributed by atoms with Crippen molar-refractivity contribution in [1.82, 2.24) is 20.3 Å². The molecule has 1 N–H and O–H groups in total. The lowest BCUT2D eigenvalue weighted by Gasteiger charge is -2.53. The van der Waals surface area contributed by atoms with Crippen LogP contribution in [0.3, 0.4) is 0 Å². The van der Waals surface area contributed by atoms with Crippen LogP contribution in [0, 0.1) is 39.1 Å². The zero-order chi connectivity index (χ0) is 37.5. The number of fused-ring (bicyclic) bond motifs is 1. The number of anilines is 3. The van der Waals surface area contributed by atoms with Crippen LogP contribution in [-0.2, 0) is 21.7 Å².